The zero-order valence-electron chi connectivity index (χ0n) is 9.94. The van der Waals surface area contributed by atoms with Gasteiger partial charge in [0.2, 0.25) is 5.79 Å². The predicted molar refractivity (Wildman–Crippen MR) is 63.3 cm³/mol. The molecule has 0 aromatic heterocycles. The molecule has 1 aliphatic carbocycles. The number of aliphatic hydroxyl groups is 5. The van der Waals surface area contributed by atoms with Gasteiger partial charge in [-0.3, -0.25) is 10.2 Å². The number of ether oxygens (including phenoxy) is 2. The Bertz CT molecular complexity index is 565. The van der Waals surface area contributed by atoms with Crippen LogP contribution in [0.3, 0.4) is 0 Å². The second kappa shape index (κ2) is 3.30. The van der Waals surface area contributed by atoms with Crippen molar-refractivity contribution in [2.75, 3.05) is 0 Å². The molecule has 10 heteroatoms. The molecule has 0 saturated heterocycles. The van der Waals surface area contributed by atoms with E-state index in [1.165, 1.54) is 0 Å². The van der Waals surface area contributed by atoms with Gasteiger partial charge in [-0.15, -0.1) is 0 Å². The summed E-state index contributed by atoms with van der Waals surface area (Å²) in [5.41, 5.74) is -0.0710. The molecule has 7 N–H and O–H groups in total. The van der Waals surface area contributed by atoms with Crippen molar-refractivity contribution in [3.63, 3.8) is 0 Å². The van der Waals surface area contributed by atoms with Crippen LogP contribution in [0.2, 0.25) is 0 Å². The molecule has 4 radical (unpaired) electrons. The van der Waals surface area contributed by atoms with E-state index in [1.807, 2.05) is 0 Å². The third-order valence-electron chi connectivity index (χ3n) is 3.56. The van der Waals surface area contributed by atoms with Crippen LogP contribution in [0.5, 0.6) is 11.5 Å². The smallest absolute Gasteiger partial charge is 0.403 e. The number of hydrogen-bond donors (Lipinski definition) is 6. The molecule has 0 spiro atoms. The summed E-state index contributed by atoms with van der Waals surface area (Å²) in [6, 6.07) is 2.01. The Kier molecular flexibility index (Phi) is 2.26. The zero-order valence-corrected chi connectivity index (χ0v) is 9.94. The molecule has 20 heavy (non-hydrogen) atoms. The van der Waals surface area contributed by atoms with E-state index >= 15 is 0 Å². The lowest BCUT2D eigenvalue weighted by Gasteiger charge is -2.41. The standard InChI is InChI=1S/C10H9B2NO7/c11-7(14)3-1-5-6(20-10(17,18)19-5)2-4(3)8(15,16)9(7,12)13/h1-2,14-18H,13H2. The Morgan fingerprint density at radius 1 is 0.900 bits per heavy atom. The first-order valence-corrected chi connectivity index (χ1v) is 5.46. The van der Waals surface area contributed by atoms with Gasteiger partial charge in [-0.2, -0.15) is 0 Å². The molecule has 0 fully saturated rings. The number of benzene rings is 1. The lowest BCUT2D eigenvalue weighted by Crippen LogP contribution is -2.66. The molecule has 102 valence electrons. The van der Waals surface area contributed by atoms with Crippen LogP contribution in [-0.2, 0) is 11.3 Å². The van der Waals surface area contributed by atoms with Crippen molar-refractivity contribution in [2.45, 2.75) is 22.9 Å². The summed E-state index contributed by atoms with van der Waals surface area (Å²) >= 11 is 0. The second-order valence-corrected chi connectivity index (χ2v) is 4.90. The normalized spacial score (nSPS) is 35.9. The summed E-state index contributed by atoms with van der Waals surface area (Å²) in [7, 11) is 11.1. The van der Waals surface area contributed by atoms with E-state index in [-0.39, 0.29) is 22.6 Å². The average molecular weight is 277 g/mol. The van der Waals surface area contributed by atoms with Crippen LogP contribution in [0, 0.1) is 0 Å². The minimum absolute atomic E-state index is 0.189. The first-order valence-electron chi connectivity index (χ1n) is 5.46. The summed E-state index contributed by atoms with van der Waals surface area (Å²) in [4.78, 5) is 0. The van der Waals surface area contributed by atoms with Crippen molar-refractivity contribution >= 4 is 15.7 Å². The number of hydrogen-bond acceptors (Lipinski definition) is 8. The van der Waals surface area contributed by atoms with Crippen LogP contribution in [0.4, 0.5) is 0 Å². The molecular formula is C10H9B2NO7. The summed E-state index contributed by atoms with van der Waals surface area (Å²) in [6.45, 7) is 0. The van der Waals surface area contributed by atoms with Crippen molar-refractivity contribution in [1.29, 1.82) is 0 Å². The molecule has 3 rings (SSSR count). The van der Waals surface area contributed by atoms with E-state index in [2.05, 4.69) is 9.47 Å². The maximum atomic E-state index is 10.2. The van der Waals surface area contributed by atoms with Gasteiger partial charge in [-0.1, -0.05) is 0 Å². The first-order chi connectivity index (χ1) is 8.90. The number of rotatable bonds is 0. The summed E-state index contributed by atoms with van der Waals surface area (Å²) in [6.07, 6.45) is -2.90. The van der Waals surface area contributed by atoms with Crippen LogP contribution in [0.1, 0.15) is 11.1 Å². The second-order valence-electron chi connectivity index (χ2n) is 4.90. The molecule has 0 bridgehead atoms. The molecule has 1 aromatic rings. The van der Waals surface area contributed by atoms with Crippen LogP contribution < -0.4 is 15.2 Å². The predicted octanol–water partition coefficient (Wildman–Crippen LogP) is -3.66. The largest absolute Gasteiger partial charge is 0.505 e. The monoisotopic (exact) mass is 277 g/mol. The highest BCUT2D eigenvalue weighted by Gasteiger charge is 2.63. The molecule has 0 saturated carbocycles. The van der Waals surface area contributed by atoms with Gasteiger partial charge in [-0.05, 0) is 17.7 Å². The van der Waals surface area contributed by atoms with Crippen LogP contribution in [0.25, 0.3) is 0 Å². The van der Waals surface area contributed by atoms with Crippen molar-refractivity contribution in [3.8, 4) is 11.5 Å². The summed E-state index contributed by atoms with van der Waals surface area (Å²) < 4.78 is 9.24. The van der Waals surface area contributed by atoms with Gasteiger partial charge in [0, 0.05) is 5.56 Å². The summed E-state index contributed by atoms with van der Waals surface area (Å²) in [5, 5.41) is 48.6. The van der Waals surface area contributed by atoms with Crippen LogP contribution >= 0.6 is 0 Å². The third kappa shape index (κ3) is 1.38. The fraction of sp³-hybridized carbons (Fsp3) is 0.400. The van der Waals surface area contributed by atoms with E-state index in [1.54, 1.807) is 0 Å². The highest BCUT2D eigenvalue weighted by Crippen LogP contribution is 2.53. The molecule has 1 aliphatic heterocycles. The Labute approximate surface area is 115 Å². The van der Waals surface area contributed by atoms with Crippen molar-refractivity contribution in [3.05, 3.63) is 23.3 Å². The molecule has 1 heterocycles. The van der Waals surface area contributed by atoms with E-state index in [4.69, 9.17) is 21.4 Å². The molecule has 2 aliphatic rings. The minimum Gasteiger partial charge on any atom is -0.403 e. The van der Waals surface area contributed by atoms with Gasteiger partial charge in [0.25, 0.3) is 0 Å². The van der Waals surface area contributed by atoms with E-state index < -0.39 is 22.9 Å². The SMILES string of the molecule is [B]C1(O)c2cc3c(cc2C(O)(O)C1([B])N)OC(O)(O)O3. The lowest BCUT2D eigenvalue weighted by atomic mass is 9.56. The molecule has 2 atom stereocenters. The average Bonchev–Trinajstić information content (AvgIpc) is 2.62. The van der Waals surface area contributed by atoms with Gasteiger partial charge in [0.1, 0.15) is 15.7 Å². The highest BCUT2D eigenvalue weighted by atomic mass is 17.0. The van der Waals surface area contributed by atoms with Crippen molar-refractivity contribution in [1.82, 2.24) is 0 Å². The fourth-order valence-electron chi connectivity index (χ4n) is 2.34. The maximum Gasteiger partial charge on any atom is 0.505 e. The molecule has 0 amide bonds. The lowest BCUT2D eigenvalue weighted by molar-refractivity contribution is -0.385. The van der Waals surface area contributed by atoms with Crippen LogP contribution in [-0.4, -0.2) is 52.8 Å². The van der Waals surface area contributed by atoms with Crippen molar-refractivity contribution in [2.24, 2.45) is 5.73 Å². The molecule has 8 nitrogen and oxygen atoms in total. The maximum absolute atomic E-state index is 10.2. The zero-order chi connectivity index (χ0) is 15.1. The van der Waals surface area contributed by atoms with E-state index in [0.29, 0.717) is 0 Å². The van der Waals surface area contributed by atoms with E-state index in [0.717, 1.165) is 12.1 Å². The van der Waals surface area contributed by atoms with Gasteiger partial charge in [0.05, 0.1) is 10.9 Å². The molecule has 1 aromatic carbocycles. The van der Waals surface area contributed by atoms with Gasteiger partial charge in [-0.25, -0.2) is 0 Å². The Morgan fingerprint density at radius 2 is 1.35 bits per heavy atom. The first kappa shape index (κ1) is 13.7. The van der Waals surface area contributed by atoms with Gasteiger partial charge < -0.3 is 30.5 Å². The minimum atomic E-state index is -2.90. The molecule has 2 unspecified atom stereocenters. The third-order valence-corrected chi connectivity index (χ3v) is 3.56. The topological polar surface area (TPSA) is 146 Å². The van der Waals surface area contributed by atoms with Crippen LogP contribution in [0.15, 0.2) is 12.1 Å². The van der Waals surface area contributed by atoms with Gasteiger partial charge in [0.15, 0.2) is 11.5 Å². The Hall–Kier alpha value is -1.29. The van der Waals surface area contributed by atoms with E-state index in [9.17, 15) is 25.5 Å². The number of nitrogens with two attached hydrogens (primary N) is 1. The Morgan fingerprint density at radius 3 is 1.85 bits per heavy atom. The van der Waals surface area contributed by atoms with Gasteiger partial charge >= 0.3 is 6.16 Å². The summed E-state index contributed by atoms with van der Waals surface area (Å²) in [5.74, 6) is -3.28. The Balaban J connectivity index is 2.24. The highest BCUT2D eigenvalue weighted by molar-refractivity contribution is 6.27. The quantitative estimate of drug-likeness (QED) is 0.210. The van der Waals surface area contributed by atoms with Crippen molar-refractivity contribution < 1.29 is 35.0 Å². The fourth-order valence-corrected chi connectivity index (χ4v) is 2.34. The number of fused-ring (bicyclic) bond motifs is 2. The molecular weight excluding hydrogens is 268 g/mol.